The number of carbonyl (C=O) groups is 1. The lowest BCUT2D eigenvalue weighted by atomic mass is 9.95. The Hall–Kier alpha value is -1.80. The number of alkyl halides is 1. The molecule has 2 aromatic carbocycles. The van der Waals surface area contributed by atoms with Gasteiger partial charge in [-0.2, -0.15) is 0 Å². The number of amides is 1. The number of nitrogens with one attached hydrogen (secondary N) is 1. The van der Waals surface area contributed by atoms with Gasteiger partial charge in [-0.15, -0.1) is 11.6 Å². The zero-order valence-corrected chi connectivity index (χ0v) is 11.9. The largest absolute Gasteiger partial charge is 0.325 e. The molecule has 0 saturated heterocycles. The summed E-state index contributed by atoms with van der Waals surface area (Å²) in [7, 11) is 0. The van der Waals surface area contributed by atoms with Crippen LogP contribution in [0.15, 0.2) is 54.6 Å². The number of rotatable bonds is 4. The molecule has 1 N–H and O–H groups in total. The van der Waals surface area contributed by atoms with Crippen LogP contribution in [0.2, 0.25) is 0 Å². The summed E-state index contributed by atoms with van der Waals surface area (Å²) in [5.41, 5.74) is 2.65. The van der Waals surface area contributed by atoms with Crippen molar-refractivity contribution in [1.29, 1.82) is 0 Å². The summed E-state index contributed by atoms with van der Waals surface area (Å²) < 4.78 is 0. The predicted molar refractivity (Wildman–Crippen MR) is 82.0 cm³/mol. The van der Waals surface area contributed by atoms with E-state index in [1.807, 2.05) is 54.6 Å². The van der Waals surface area contributed by atoms with Crippen molar-refractivity contribution in [2.24, 2.45) is 0 Å². The maximum absolute atomic E-state index is 12.5. The van der Waals surface area contributed by atoms with E-state index in [9.17, 15) is 4.79 Å². The standard InChI is InChI=1S/C17H16ClNO/c18-12-13-6-8-15(9-7-13)19-16(20)17(10-11-17)14-4-2-1-3-5-14/h1-9H,10-12H2,(H,19,20). The van der Waals surface area contributed by atoms with Gasteiger partial charge in [0.25, 0.3) is 0 Å². The van der Waals surface area contributed by atoms with Gasteiger partial charge in [-0.05, 0) is 36.1 Å². The zero-order chi connectivity index (χ0) is 14.0. The molecular weight excluding hydrogens is 270 g/mol. The lowest BCUT2D eigenvalue weighted by molar-refractivity contribution is -0.118. The molecule has 1 aliphatic carbocycles. The van der Waals surface area contributed by atoms with E-state index < -0.39 is 0 Å². The Bertz CT molecular complexity index is 603. The Morgan fingerprint density at radius 1 is 1.05 bits per heavy atom. The molecule has 102 valence electrons. The Morgan fingerprint density at radius 3 is 2.25 bits per heavy atom. The summed E-state index contributed by atoms with van der Waals surface area (Å²) in [6, 6.07) is 17.7. The lowest BCUT2D eigenvalue weighted by Crippen LogP contribution is -2.27. The first-order valence-electron chi connectivity index (χ1n) is 6.76. The second-order valence-electron chi connectivity index (χ2n) is 5.23. The quantitative estimate of drug-likeness (QED) is 0.842. The molecule has 0 radical (unpaired) electrons. The van der Waals surface area contributed by atoms with Crippen molar-refractivity contribution < 1.29 is 4.79 Å². The molecular formula is C17H16ClNO. The van der Waals surface area contributed by atoms with Crippen LogP contribution in [0.25, 0.3) is 0 Å². The fourth-order valence-corrected chi connectivity index (χ4v) is 2.64. The second kappa shape index (κ2) is 5.29. The van der Waals surface area contributed by atoms with Crippen molar-refractivity contribution in [2.45, 2.75) is 24.1 Å². The minimum absolute atomic E-state index is 0.0855. The topological polar surface area (TPSA) is 29.1 Å². The van der Waals surface area contributed by atoms with Crippen LogP contribution >= 0.6 is 11.6 Å². The summed E-state index contributed by atoms with van der Waals surface area (Å²) >= 11 is 5.76. The summed E-state index contributed by atoms with van der Waals surface area (Å²) in [6.45, 7) is 0. The summed E-state index contributed by atoms with van der Waals surface area (Å²) in [4.78, 5) is 12.5. The average Bonchev–Trinajstić information content (AvgIpc) is 3.31. The van der Waals surface area contributed by atoms with Gasteiger partial charge in [-0.3, -0.25) is 4.79 Å². The first kappa shape index (κ1) is 13.2. The Balaban J connectivity index is 1.76. The van der Waals surface area contributed by atoms with Crippen LogP contribution in [-0.2, 0) is 16.1 Å². The molecule has 2 nitrogen and oxygen atoms in total. The molecule has 0 heterocycles. The monoisotopic (exact) mass is 285 g/mol. The van der Waals surface area contributed by atoms with Crippen molar-refractivity contribution in [1.82, 2.24) is 0 Å². The highest BCUT2D eigenvalue weighted by molar-refractivity contribution is 6.17. The van der Waals surface area contributed by atoms with Crippen LogP contribution in [0, 0.1) is 0 Å². The van der Waals surface area contributed by atoms with Crippen molar-refractivity contribution in [3.8, 4) is 0 Å². The summed E-state index contributed by atoms with van der Waals surface area (Å²) in [5.74, 6) is 0.574. The maximum Gasteiger partial charge on any atom is 0.235 e. The van der Waals surface area contributed by atoms with Gasteiger partial charge < -0.3 is 5.32 Å². The SMILES string of the molecule is O=C(Nc1ccc(CCl)cc1)C1(c2ccccc2)CC1. The molecule has 2 aromatic rings. The van der Waals surface area contributed by atoms with Gasteiger partial charge in [0, 0.05) is 11.6 Å². The molecule has 3 rings (SSSR count). The van der Waals surface area contributed by atoms with E-state index in [0.717, 1.165) is 29.7 Å². The Labute approximate surface area is 123 Å². The zero-order valence-electron chi connectivity index (χ0n) is 11.1. The molecule has 0 aromatic heterocycles. The van der Waals surface area contributed by atoms with Gasteiger partial charge in [0.1, 0.15) is 0 Å². The number of hydrogen-bond donors (Lipinski definition) is 1. The smallest absolute Gasteiger partial charge is 0.235 e. The Morgan fingerprint density at radius 2 is 1.70 bits per heavy atom. The van der Waals surface area contributed by atoms with E-state index in [4.69, 9.17) is 11.6 Å². The van der Waals surface area contributed by atoms with Crippen LogP contribution in [0.3, 0.4) is 0 Å². The summed E-state index contributed by atoms with van der Waals surface area (Å²) in [5, 5.41) is 3.01. The molecule has 3 heteroatoms. The lowest BCUT2D eigenvalue weighted by Gasteiger charge is -2.15. The van der Waals surface area contributed by atoms with Crippen LogP contribution in [-0.4, -0.2) is 5.91 Å². The Kier molecular flexibility index (Phi) is 3.49. The van der Waals surface area contributed by atoms with Crippen LogP contribution in [0.1, 0.15) is 24.0 Å². The van der Waals surface area contributed by atoms with Gasteiger partial charge in [-0.1, -0.05) is 42.5 Å². The minimum Gasteiger partial charge on any atom is -0.325 e. The molecule has 0 unspecified atom stereocenters. The third-order valence-corrected chi connectivity index (χ3v) is 4.19. The number of halogens is 1. The van der Waals surface area contributed by atoms with E-state index in [1.165, 1.54) is 0 Å². The van der Waals surface area contributed by atoms with Crippen molar-refractivity contribution in [3.63, 3.8) is 0 Å². The number of hydrogen-bond acceptors (Lipinski definition) is 1. The fourth-order valence-electron chi connectivity index (χ4n) is 2.46. The normalized spacial score (nSPS) is 15.7. The highest BCUT2D eigenvalue weighted by Gasteiger charge is 2.51. The molecule has 0 spiro atoms. The third kappa shape index (κ3) is 2.44. The molecule has 1 fully saturated rings. The van der Waals surface area contributed by atoms with Crippen LogP contribution in [0.5, 0.6) is 0 Å². The molecule has 0 atom stereocenters. The maximum atomic E-state index is 12.5. The number of anilines is 1. The first-order valence-corrected chi connectivity index (χ1v) is 7.30. The molecule has 1 saturated carbocycles. The molecule has 0 aliphatic heterocycles. The van der Waals surface area contributed by atoms with Gasteiger partial charge in [0.15, 0.2) is 0 Å². The molecule has 1 amide bonds. The van der Waals surface area contributed by atoms with Gasteiger partial charge >= 0.3 is 0 Å². The second-order valence-corrected chi connectivity index (χ2v) is 5.50. The van der Waals surface area contributed by atoms with Crippen LogP contribution in [0.4, 0.5) is 5.69 Å². The van der Waals surface area contributed by atoms with Crippen LogP contribution < -0.4 is 5.32 Å². The van der Waals surface area contributed by atoms with Crippen molar-refractivity contribution in [2.75, 3.05) is 5.32 Å². The number of benzene rings is 2. The fraction of sp³-hybridized carbons (Fsp3) is 0.235. The van der Waals surface area contributed by atoms with E-state index in [-0.39, 0.29) is 11.3 Å². The molecule has 0 bridgehead atoms. The first-order chi connectivity index (χ1) is 9.74. The molecule has 1 aliphatic rings. The molecule has 20 heavy (non-hydrogen) atoms. The van der Waals surface area contributed by atoms with E-state index in [0.29, 0.717) is 5.88 Å². The van der Waals surface area contributed by atoms with E-state index in [2.05, 4.69) is 5.32 Å². The van der Waals surface area contributed by atoms with Crippen molar-refractivity contribution in [3.05, 3.63) is 65.7 Å². The van der Waals surface area contributed by atoms with Crippen molar-refractivity contribution >= 4 is 23.2 Å². The highest BCUT2D eigenvalue weighted by Crippen LogP contribution is 2.48. The van der Waals surface area contributed by atoms with Gasteiger partial charge in [0.2, 0.25) is 5.91 Å². The summed E-state index contributed by atoms with van der Waals surface area (Å²) in [6.07, 6.45) is 1.84. The number of carbonyl (C=O) groups excluding carboxylic acids is 1. The predicted octanol–water partition coefficient (Wildman–Crippen LogP) is 4.10. The van der Waals surface area contributed by atoms with Gasteiger partial charge in [-0.25, -0.2) is 0 Å². The minimum atomic E-state index is -0.327. The third-order valence-electron chi connectivity index (χ3n) is 3.88. The van der Waals surface area contributed by atoms with E-state index in [1.54, 1.807) is 0 Å². The van der Waals surface area contributed by atoms with Gasteiger partial charge in [0.05, 0.1) is 5.41 Å². The average molecular weight is 286 g/mol. The van der Waals surface area contributed by atoms with E-state index >= 15 is 0 Å². The highest BCUT2D eigenvalue weighted by atomic mass is 35.5.